The summed E-state index contributed by atoms with van der Waals surface area (Å²) >= 11 is 0. The first-order valence-electron chi connectivity index (χ1n) is 18.6. The number of rotatable bonds is 0. The van der Waals surface area contributed by atoms with Crippen LogP contribution in [-0.4, -0.2) is 15.5 Å². The second-order valence-corrected chi connectivity index (χ2v) is 15.1. The SMILES string of the molecule is c1ccc2c(c1)oc1c3c4c(cc12)Oc1c(ccc2c1c1cccc5c6ccccc6n2c51)B4c1ccc2c(c1O3)c1cccc3c4ccccc4n2c31. The van der Waals surface area contributed by atoms with E-state index in [0.717, 1.165) is 83.1 Å². The van der Waals surface area contributed by atoms with Gasteiger partial charge < -0.3 is 22.7 Å². The molecule has 2 aliphatic rings. The van der Waals surface area contributed by atoms with Gasteiger partial charge in [-0.1, -0.05) is 103 Å². The molecular formula is C48H23BN2O3. The van der Waals surface area contributed by atoms with Gasteiger partial charge in [-0.05, 0) is 47.3 Å². The van der Waals surface area contributed by atoms with E-state index in [9.17, 15) is 0 Å². The van der Waals surface area contributed by atoms with Crippen LogP contribution in [-0.2, 0) is 0 Å². The molecule has 54 heavy (non-hydrogen) atoms. The molecule has 0 saturated heterocycles. The summed E-state index contributed by atoms with van der Waals surface area (Å²) < 4.78 is 26.1. The molecule has 5 aromatic heterocycles. The van der Waals surface area contributed by atoms with Crippen molar-refractivity contribution in [3.8, 4) is 23.0 Å². The van der Waals surface area contributed by atoms with Crippen LogP contribution in [0.15, 0.2) is 144 Å². The molecule has 0 spiro atoms. The van der Waals surface area contributed by atoms with Crippen molar-refractivity contribution in [3.63, 3.8) is 0 Å². The van der Waals surface area contributed by atoms with E-state index in [1.165, 1.54) is 54.4 Å². The number of fused-ring (bicyclic) bond motifs is 22. The molecule has 246 valence electrons. The van der Waals surface area contributed by atoms with Gasteiger partial charge in [-0.2, -0.15) is 0 Å². The Morgan fingerprint density at radius 2 is 0.944 bits per heavy atom. The Morgan fingerprint density at radius 3 is 1.59 bits per heavy atom. The highest BCUT2D eigenvalue weighted by atomic mass is 16.5. The van der Waals surface area contributed by atoms with Crippen molar-refractivity contribution in [2.75, 3.05) is 0 Å². The molecule has 0 aliphatic carbocycles. The van der Waals surface area contributed by atoms with Crippen LogP contribution in [0.25, 0.3) is 98.1 Å². The van der Waals surface area contributed by atoms with Crippen LogP contribution in [0.5, 0.6) is 23.0 Å². The molecule has 0 atom stereocenters. The van der Waals surface area contributed by atoms with Gasteiger partial charge in [-0.3, -0.25) is 0 Å². The first-order valence-corrected chi connectivity index (χ1v) is 18.6. The zero-order valence-corrected chi connectivity index (χ0v) is 28.5. The largest absolute Gasteiger partial charge is 0.458 e. The monoisotopic (exact) mass is 686 g/mol. The minimum atomic E-state index is -0.137. The number of hydrogen-bond donors (Lipinski definition) is 0. The lowest BCUT2D eigenvalue weighted by molar-refractivity contribution is 0.467. The lowest BCUT2D eigenvalue weighted by Crippen LogP contribution is -2.57. The zero-order valence-electron chi connectivity index (χ0n) is 28.5. The average molecular weight is 687 g/mol. The molecule has 0 saturated carbocycles. The molecule has 2 aliphatic heterocycles. The van der Waals surface area contributed by atoms with E-state index in [0.29, 0.717) is 0 Å². The molecule has 0 amide bonds. The van der Waals surface area contributed by atoms with Crippen LogP contribution in [0.3, 0.4) is 0 Å². The second-order valence-electron chi connectivity index (χ2n) is 15.1. The minimum absolute atomic E-state index is 0.137. The summed E-state index contributed by atoms with van der Waals surface area (Å²) in [6.07, 6.45) is 0. The van der Waals surface area contributed by atoms with Crippen molar-refractivity contribution in [2.24, 2.45) is 0 Å². The van der Waals surface area contributed by atoms with Gasteiger partial charge in [0.25, 0.3) is 6.71 Å². The fraction of sp³-hybridized carbons (Fsp3) is 0. The van der Waals surface area contributed by atoms with Crippen molar-refractivity contribution in [3.05, 3.63) is 140 Å². The third-order valence-corrected chi connectivity index (χ3v) is 12.7. The van der Waals surface area contributed by atoms with Gasteiger partial charge in [-0.25, -0.2) is 0 Å². The number of benzene rings is 8. The summed E-state index contributed by atoms with van der Waals surface area (Å²) in [4.78, 5) is 0. The summed E-state index contributed by atoms with van der Waals surface area (Å²) in [5, 5.41) is 11.7. The van der Waals surface area contributed by atoms with Crippen molar-refractivity contribution < 1.29 is 13.9 Å². The van der Waals surface area contributed by atoms with Gasteiger partial charge in [-0.15, -0.1) is 0 Å². The zero-order chi connectivity index (χ0) is 34.6. The number of ether oxygens (including phenoxy) is 2. The second kappa shape index (κ2) is 8.71. The van der Waals surface area contributed by atoms with E-state index >= 15 is 0 Å². The first kappa shape index (κ1) is 26.6. The lowest BCUT2D eigenvalue weighted by Gasteiger charge is -2.33. The minimum Gasteiger partial charge on any atom is -0.458 e. The fourth-order valence-corrected chi connectivity index (χ4v) is 10.7. The predicted octanol–water partition coefficient (Wildman–Crippen LogP) is 10.6. The Kier molecular flexibility index (Phi) is 4.29. The summed E-state index contributed by atoms with van der Waals surface area (Å²) in [6, 6.07) is 50.4. The average Bonchev–Trinajstić information content (AvgIpc) is 4.02. The van der Waals surface area contributed by atoms with Gasteiger partial charge in [0.2, 0.25) is 0 Å². The Morgan fingerprint density at radius 1 is 0.407 bits per heavy atom. The highest BCUT2D eigenvalue weighted by molar-refractivity contribution is 6.99. The van der Waals surface area contributed by atoms with E-state index in [4.69, 9.17) is 13.9 Å². The number of nitrogens with zero attached hydrogens (tertiary/aromatic N) is 2. The molecule has 5 nitrogen and oxygen atoms in total. The van der Waals surface area contributed by atoms with Crippen LogP contribution >= 0.6 is 0 Å². The molecule has 8 aromatic carbocycles. The summed E-state index contributed by atoms with van der Waals surface area (Å²) in [7, 11) is 0. The lowest BCUT2D eigenvalue weighted by atomic mass is 9.34. The van der Waals surface area contributed by atoms with E-state index in [1.807, 2.05) is 12.1 Å². The van der Waals surface area contributed by atoms with Crippen molar-refractivity contribution in [1.29, 1.82) is 0 Å². The Bertz CT molecular complexity index is 3860. The summed E-state index contributed by atoms with van der Waals surface area (Å²) in [5.74, 6) is 3.35. The van der Waals surface area contributed by atoms with Crippen molar-refractivity contribution in [2.45, 2.75) is 0 Å². The molecule has 0 unspecified atom stereocenters. The third-order valence-electron chi connectivity index (χ3n) is 12.7. The molecule has 0 bridgehead atoms. The Labute approximate surface area is 305 Å². The topological polar surface area (TPSA) is 40.4 Å². The Balaban J connectivity index is 1.12. The molecule has 7 heterocycles. The van der Waals surface area contributed by atoms with Crippen LogP contribution < -0.4 is 25.9 Å². The maximum atomic E-state index is 7.30. The van der Waals surface area contributed by atoms with Crippen molar-refractivity contribution >= 4 is 121 Å². The number of para-hydroxylation sites is 5. The molecule has 0 fully saturated rings. The highest BCUT2D eigenvalue weighted by Crippen LogP contribution is 2.50. The Hall–Kier alpha value is -7.18. The highest BCUT2D eigenvalue weighted by Gasteiger charge is 2.44. The normalized spacial score (nSPS) is 13.8. The van der Waals surface area contributed by atoms with Gasteiger partial charge in [0.15, 0.2) is 11.3 Å². The number of hydrogen-bond acceptors (Lipinski definition) is 3. The predicted molar refractivity (Wildman–Crippen MR) is 221 cm³/mol. The van der Waals surface area contributed by atoms with Gasteiger partial charge in [0, 0.05) is 48.6 Å². The summed E-state index contributed by atoms with van der Waals surface area (Å²) in [6.45, 7) is -0.137. The van der Waals surface area contributed by atoms with E-state index < -0.39 is 0 Å². The molecule has 15 rings (SSSR count). The fourth-order valence-electron chi connectivity index (χ4n) is 10.7. The van der Waals surface area contributed by atoms with Crippen LogP contribution in [0.2, 0.25) is 0 Å². The first-order chi connectivity index (χ1) is 26.8. The van der Waals surface area contributed by atoms with Gasteiger partial charge >= 0.3 is 0 Å². The molecule has 6 heteroatoms. The van der Waals surface area contributed by atoms with Crippen LogP contribution in [0.4, 0.5) is 0 Å². The summed E-state index contributed by atoms with van der Waals surface area (Å²) in [5.41, 5.74) is 12.0. The van der Waals surface area contributed by atoms with E-state index in [1.54, 1.807) is 0 Å². The maximum Gasteiger partial charge on any atom is 0.260 e. The van der Waals surface area contributed by atoms with Gasteiger partial charge in [0.05, 0.1) is 43.9 Å². The smallest absolute Gasteiger partial charge is 0.260 e. The number of aromatic nitrogens is 2. The standard InChI is InChI=1S/C48H23BN2O3/c1-4-16-34-24(9-1)27-12-7-14-29-40-36(50(34)43(27)29)21-19-32-46(40)53-39-23-31-26-11-3-6-18-38(26)52-45(31)48-42(39)49(32)33-20-22-37-41(47(33)54-48)30-15-8-13-28-25-10-2-5-17-35(25)51(37)44(28)30/h1-23H. The van der Waals surface area contributed by atoms with Crippen LogP contribution in [0.1, 0.15) is 0 Å². The molecule has 13 aromatic rings. The molecule has 0 N–H and O–H groups in total. The molecule has 0 radical (unpaired) electrons. The molecular weight excluding hydrogens is 663 g/mol. The maximum absolute atomic E-state index is 7.30. The van der Waals surface area contributed by atoms with E-state index in [2.05, 4.69) is 136 Å². The third kappa shape index (κ3) is 2.78. The number of furan rings is 1. The van der Waals surface area contributed by atoms with E-state index in [-0.39, 0.29) is 6.71 Å². The van der Waals surface area contributed by atoms with Crippen LogP contribution in [0, 0.1) is 0 Å². The van der Waals surface area contributed by atoms with Crippen molar-refractivity contribution in [1.82, 2.24) is 8.80 Å². The quantitative estimate of drug-likeness (QED) is 0.149. The van der Waals surface area contributed by atoms with Gasteiger partial charge in [0.1, 0.15) is 22.8 Å².